The zero-order valence-corrected chi connectivity index (χ0v) is 13.3. The van der Waals surface area contributed by atoms with Gasteiger partial charge in [-0.1, -0.05) is 0 Å². The highest BCUT2D eigenvalue weighted by atomic mass is 127. The molecule has 0 aliphatic carbocycles. The monoisotopic (exact) mass is 357 g/mol. The second kappa shape index (κ2) is 9.90. The molecule has 5 nitrogen and oxygen atoms in total. The van der Waals surface area contributed by atoms with Crippen LogP contribution in [0.3, 0.4) is 0 Å². The molecule has 0 radical (unpaired) electrons. The maximum atomic E-state index is 5.66. The fourth-order valence-corrected chi connectivity index (χ4v) is 1.60. The predicted molar refractivity (Wildman–Crippen MR) is 80.3 cm³/mol. The van der Waals surface area contributed by atoms with Crippen LogP contribution >= 0.6 is 24.0 Å². The molecule has 102 valence electrons. The summed E-state index contributed by atoms with van der Waals surface area (Å²) < 4.78 is 10.9. The van der Waals surface area contributed by atoms with E-state index in [4.69, 9.17) is 9.47 Å². The first kappa shape index (κ1) is 16.9. The molecule has 1 fully saturated rings. The molecule has 0 spiro atoms. The van der Waals surface area contributed by atoms with E-state index in [1.807, 2.05) is 19.0 Å². The molecule has 0 saturated carbocycles. The van der Waals surface area contributed by atoms with Crippen LogP contribution in [0.5, 0.6) is 0 Å². The number of nitrogens with one attached hydrogen (secondary N) is 1. The van der Waals surface area contributed by atoms with E-state index in [9.17, 15) is 0 Å². The number of ether oxygens (including phenoxy) is 2. The summed E-state index contributed by atoms with van der Waals surface area (Å²) in [5, 5.41) is 3.26. The molecule has 1 atom stereocenters. The molecule has 0 amide bonds. The molecular formula is C11H24IN3O2. The van der Waals surface area contributed by atoms with Gasteiger partial charge in [0.1, 0.15) is 0 Å². The smallest absolute Gasteiger partial charge is 0.193 e. The molecule has 1 rings (SSSR count). The quantitative estimate of drug-likeness (QED) is 0.344. The Morgan fingerprint density at radius 3 is 2.82 bits per heavy atom. The number of guanidine groups is 1. The lowest BCUT2D eigenvalue weighted by atomic mass is 10.3. The van der Waals surface area contributed by atoms with Crippen LogP contribution in [0, 0.1) is 0 Å². The highest BCUT2D eigenvalue weighted by Crippen LogP contribution is 2.07. The highest BCUT2D eigenvalue weighted by Gasteiger charge is 2.15. The third-order valence-corrected chi connectivity index (χ3v) is 2.48. The highest BCUT2D eigenvalue weighted by molar-refractivity contribution is 14.0. The number of hydrogen-bond acceptors (Lipinski definition) is 3. The average molecular weight is 357 g/mol. The summed E-state index contributed by atoms with van der Waals surface area (Å²) in [5.74, 6) is 0.907. The van der Waals surface area contributed by atoms with Gasteiger partial charge in [0.2, 0.25) is 0 Å². The van der Waals surface area contributed by atoms with E-state index >= 15 is 0 Å². The lowest BCUT2D eigenvalue weighted by molar-refractivity contribution is 0.0419. The van der Waals surface area contributed by atoms with Crippen LogP contribution in [0.15, 0.2) is 4.99 Å². The molecular weight excluding hydrogens is 333 g/mol. The SMILES string of the molecule is CN=C(NCCCOC1CCOC1)N(C)C.I. The number of aliphatic imine (C=N–C) groups is 1. The Hall–Kier alpha value is -0.0800. The van der Waals surface area contributed by atoms with Crippen molar-refractivity contribution >= 4 is 29.9 Å². The number of hydrogen-bond donors (Lipinski definition) is 1. The first-order chi connectivity index (χ1) is 7.74. The maximum Gasteiger partial charge on any atom is 0.193 e. The molecule has 1 saturated heterocycles. The zero-order valence-electron chi connectivity index (χ0n) is 10.9. The van der Waals surface area contributed by atoms with E-state index in [1.165, 1.54) is 0 Å². The molecule has 17 heavy (non-hydrogen) atoms. The molecule has 0 aromatic rings. The van der Waals surface area contributed by atoms with Crippen LogP contribution in [-0.4, -0.2) is 64.5 Å². The van der Waals surface area contributed by atoms with Crippen molar-refractivity contribution in [2.75, 3.05) is 47.5 Å². The van der Waals surface area contributed by atoms with Crippen LogP contribution in [-0.2, 0) is 9.47 Å². The van der Waals surface area contributed by atoms with E-state index in [0.717, 1.165) is 45.2 Å². The van der Waals surface area contributed by atoms with Gasteiger partial charge in [-0.15, -0.1) is 24.0 Å². The van der Waals surface area contributed by atoms with E-state index in [1.54, 1.807) is 7.05 Å². The Bertz CT molecular complexity index is 219. The summed E-state index contributed by atoms with van der Waals surface area (Å²) in [4.78, 5) is 6.10. The van der Waals surface area contributed by atoms with Gasteiger partial charge in [-0.3, -0.25) is 4.99 Å². The summed E-state index contributed by atoms with van der Waals surface area (Å²) in [7, 11) is 5.73. The van der Waals surface area contributed by atoms with E-state index in [0.29, 0.717) is 6.10 Å². The minimum absolute atomic E-state index is 0. The molecule has 6 heteroatoms. The Morgan fingerprint density at radius 2 is 2.29 bits per heavy atom. The van der Waals surface area contributed by atoms with E-state index in [2.05, 4.69) is 10.3 Å². The first-order valence-corrected chi connectivity index (χ1v) is 5.81. The van der Waals surface area contributed by atoms with Gasteiger partial charge in [0.15, 0.2) is 5.96 Å². The second-order valence-electron chi connectivity index (χ2n) is 4.08. The number of halogens is 1. The van der Waals surface area contributed by atoms with Crippen LogP contribution in [0.25, 0.3) is 0 Å². The minimum Gasteiger partial charge on any atom is -0.379 e. The lowest BCUT2D eigenvalue weighted by Crippen LogP contribution is -2.37. The van der Waals surface area contributed by atoms with Gasteiger partial charge in [0.05, 0.1) is 12.7 Å². The van der Waals surface area contributed by atoms with Crippen LogP contribution in [0.1, 0.15) is 12.8 Å². The topological polar surface area (TPSA) is 46.1 Å². The fourth-order valence-electron chi connectivity index (χ4n) is 1.60. The van der Waals surface area contributed by atoms with Crippen molar-refractivity contribution in [3.05, 3.63) is 0 Å². The van der Waals surface area contributed by atoms with Crippen molar-refractivity contribution in [1.82, 2.24) is 10.2 Å². The molecule has 1 aliphatic heterocycles. The van der Waals surface area contributed by atoms with Crippen LogP contribution in [0.2, 0.25) is 0 Å². The van der Waals surface area contributed by atoms with Crippen molar-refractivity contribution < 1.29 is 9.47 Å². The largest absolute Gasteiger partial charge is 0.379 e. The standard InChI is InChI=1S/C11H23N3O2.HI/c1-12-11(14(2)3)13-6-4-7-16-10-5-8-15-9-10;/h10H,4-9H2,1-3H3,(H,12,13);1H. The van der Waals surface area contributed by atoms with Crippen LogP contribution in [0.4, 0.5) is 0 Å². The number of rotatable bonds is 5. The van der Waals surface area contributed by atoms with Crippen molar-refractivity contribution in [3.8, 4) is 0 Å². The van der Waals surface area contributed by atoms with Gasteiger partial charge in [-0.25, -0.2) is 0 Å². The van der Waals surface area contributed by atoms with E-state index in [-0.39, 0.29) is 24.0 Å². The fraction of sp³-hybridized carbons (Fsp3) is 0.909. The second-order valence-corrected chi connectivity index (χ2v) is 4.08. The van der Waals surface area contributed by atoms with Crippen molar-refractivity contribution in [2.45, 2.75) is 18.9 Å². The van der Waals surface area contributed by atoms with Gasteiger partial charge in [0.25, 0.3) is 0 Å². The molecule has 0 aromatic heterocycles. The summed E-state index contributed by atoms with van der Waals surface area (Å²) in [6, 6.07) is 0. The molecule has 0 aromatic carbocycles. The normalized spacial score (nSPS) is 19.9. The predicted octanol–water partition coefficient (Wildman–Crippen LogP) is 0.937. The molecule has 1 unspecified atom stereocenters. The summed E-state index contributed by atoms with van der Waals surface area (Å²) >= 11 is 0. The van der Waals surface area contributed by atoms with Gasteiger partial charge in [-0.05, 0) is 12.8 Å². The average Bonchev–Trinajstić information content (AvgIpc) is 2.75. The summed E-state index contributed by atoms with van der Waals surface area (Å²) in [6.45, 7) is 3.27. The Balaban J connectivity index is 0.00000256. The van der Waals surface area contributed by atoms with E-state index < -0.39 is 0 Å². The van der Waals surface area contributed by atoms with Crippen LogP contribution < -0.4 is 5.32 Å². The number of nitrogens with zero attached hydrogens (tertiary/aromatic N) is 2. The molecule has 1 heterocycles. The third kappa shape index (κ3) is 7.05. The first-order valence-electron chi connectivity index (χ1n) is 5.81. The molecule has 0 bridgehead atoms. The van der Waals surface area contributed by atoms with Crippen molar-refractivity contribution in [1.29, 1.82) is 0 Å². The Morgan fingerprint density at radius 1 is 1.53 bits per heavy atom. The van der Waals surface area contributed by atoms with Gasteiger partial charge in [-0.2, -0.15) is 0 Å². The maximum absolute atomic E-state index is 5.66. The third-order valence-electron chi connectivity index (χ3n) is 2.48. The lowest BCUT2D eigenvalue weighted by Gasteiger charge is -2.17. The minimum atomic E-state index is 0. The summed E-state index contributed by atoms with van der Waals surface area (Å²) in [5.41, 5.74) is 0. The van der Waals surface area contributed by atoms with Gasteiger partial charge in [0, 0.05) is 40.9 Å². The summed E-state index contributed by atoms with van der Waals surface area (Å²) in [6.07, 6.45) is 2.34. The Labute approximate surface area is 121 Å². The van der Waals surface area contributed by atoms with Gasteiger partial charge < -0.3 is 19.7 Å². The molecule has 1 aliphatic rings. The van der Waals surface area contributed by atoms with Gasteiger partial charge >= 0.3 is 0 Å². The Kier molecular flexibility index (Phi) is 9.85. The molecule has 1 N–H and O–H groups in total. The van der Waals surface area contributed by atoms with Crippen molar-refractivity contribution in [2.24, 2.45) is 4.99 Å². The van der Waals surface area contributed by atoms with Crippen molar-refractivity contribution in [3.63, 3.8) is 0 Å². The zero-order chi connectivity index (χ0) is 11.8.